The number of nitrogens with one attached hydrogen (secondary N) is 1. The molecule has 100 valence electrons. The smallest absolute Gasteiger partial charge is 0.219 e. The zero-order valence-electron chi connectivity index (χ0n) is 11.1. The summed E-state index contributed by atoms with van der Waals surface area (Å²) in [5, 5.41) is 11.9. The molecule has 0 spiro atoms. The number of amides is 1. The lowest BCUT2D eigenvalue weighted by molar-refractivity contribution is -0.120. The molecule has 1 amide bonds. The molecule has 1 saturated heterocycles. The first-order valence-electron chi connectivity index (χ1n) is 6.74. The van der Waals surface area contributed by atoms with Crippen molar-refractivity contribution in [2.45, 2.75) is 45.1 Å². The number of carbonyl (C=O) groups excluding carboxylic acids is 1. The van der Waals surface area contributed by atoms with E-state index in [4.69, 9.17) is 0 Å². The summed E-state index contributed by atoms with van der Waals surface area (Å²) >= 11 is 0. The Morgan fingerprint density at radius 1 is 1.53 bits per heavy atom. The number of rotatable bonds is 6. The minimum atomic E-state index is 0.119. The molecule has 0 bridgehead atoms. The highest BCUT2D eigenvalue weighted by Gasteiger charge is 2.26. The van der Waals surface area contributed by atoms with Crippen LogP contribution in [0.15, 0.2) is 0 Å². The summed E-state index contributed by atoms with van der Waals surface area (Å²) in [5.74, 6) is 0.462. The topological polar surface area (TPSA) is 52.6 Å². The van der Waals surface area contributed by atoms with Gasteiger partial charge in [0, 0.05) is 26.1 Å². The van der Waals surface area contributed by atoms with E-state index in [2.05, 4.69) is 17.1 Å². The minimum Gasteiger partial charge on any atom is -0.396 e. The van der Waals surface area contributed by atoms with Crippen molar-refractivity contribution in [1.29, 1.82) is 0 Å². The van der Waals surface area contributed by atoms with Crippen molar-refractivity contribution in [2.24, 2.45) is 5.92 Å². The average molecular weight is 242 g/mol. The van der Waals surface area contributed by atoms with E-state index in [0.717, 1.165) is 19.5 Å². The van der Waals surface area contributed by atoms with Crippen LogP contribution in [0.25, 0.3) is 0 Å². The average Bonchev–Trinajstić information content (AvgIpc) is 2.38. The molecule has 4 heteroatoms. The van der Waals surface area contributed by atoms with Crippen LogP contribution in [-0.4, -0.2) is 48.7 Å². The normalized spacial score (nSPS) is 23.4. The lowest BCUT2D eigenvalue weighted by Gasteiger charge is -2.38. The molecule has 2 atom stereocenters. The maximum atomic E-state index is 11.2. The molecule has 1 aliphatic rings. The van der Waals surface area contributed by atoms with Crippen LogP contribution in [0.2, 0.25) is 0 Å². The van der Waals surface area contributed by atoms with Gasteiger partial charge in [-0.1, -0.05) is 13.3 Å². The summed E-state index contributed by atoms with van der Waals surface area (Å²) in [5.41, 5.74) is 0. The van der Waals surface area contributed by atoms with Crippen molar-refractivity contribution in [3.63, 3.8) is 0 Å². The molecule has 2 unspecified atom stereocenters. The Morgan fingerprint density at radius 3 is 2.94 bits per heavy atom. The van der Waals surface area contributed by atoms with E-state index in [-0.39, 0.29) is 12.5 Å². The van der Waals surface area contributed by atoms with Crippen LogP contribution in [0.3, 0.4) is 0 Å². The summed E-state index contributed by atoms with van der Waals surface area (Å²) in [4.78, 5) is 13.6. The summed E-state index contributed by atoms with van der Waals surface area (Å²) < 4.78 is 0. The summed E-state index contributed by atoms with van der Waals surface area (Å²) in [7, 11) is 1.68. The van der Waals surface area contributed by atoms with Gasteiger partial charge >= 0.3 is 0 Å². The molecule has 0 aliphatic carbocycles. The highest BCUT2D eigenvalue weighted by atomic mass is 16.3. The van der Waals surface area contributed by atoms with Crippen LogP contribution in [0, 0.1) is 5.92 Å². The fourth-order valence-electron chi connectivity index (χ4n) is 2.63. The third-order valence-electron chi connectivity index (χ3n) is 3.74. The van der Waals surface area contributed by atoms with Crippen LogP contribution in [0.4, 0.5) is 0 Å². The number of piperidine rings is 1. The van der Waals surface area contributed by atoms with Crippen LogP contribution in [-0.2, 0) is 4.79 Å². The van der Waals surface area contributed by atoms with E-state index in [9.17, 15) is 9.90 Å². The number of hydrogen-bond acceptors (Lipinski definition) is 3. The van der Waals surface area contributed by atoms with Gasteiger partial charge in [0.15, 0.2) is 0 Å². The Kier molecular flexibility index (Phi) is 6.52. The predicted molar refractivity (Wildman–Crippen MR) is 68.8 cm³/mol. The van der Waals surface area contributed by atoms with Crippen LogP contribution in [0.1, 0.15) is 39.0 Å². The molecule has 1 fully saturated rings. The van der Waals surface area contributed by atoms with Crippen LogP contribution < -0.4 is 5.32 Å². The first-order chi connectivity index (χ1) is 8.19. The van der Waals surface area contributed by atoms with Crippen LogP contribution in [0.5, 0.6) is 0 Å². The van der Waals surface area contributed by atoms with E-state index in [0.29, 0.717) is 18.4 Å². The number of hydrogen-bond donors (Lipinski definition) is 2. The second-order valence-electron chi connectivity index (χ2n) is 5.04. The fourth-order valence-corrected chi connectivity index (χ4v) is 2.63. The van der Waals surface area contributed by atoms with Gasteiger partial charge < -0.3 is 15.3 Å². The van der Waals surface area contributed by atoms with Gasteiger partial charge in [-0.25, -0.2) is 0 Å². The highest BCUT2D eigenvalue weighted by Crippen LogP contribution is 2.23. The monoisotopic (exact) mass is 242 g/mol. The van der Waals surface area contributed by atoms with E-state index in [1.165, 1.54) is 19.3 Å². The van der Waals surface area contributed by atoms with Gasteiger partial charge in [-0.3, -0.25) is 4.79 Å². The standard InChI is InChI=1S/C13H26N2O2/c1-11(10-16)12-6-3-4-8-15(12)9-5-7-13(17)14-2/h11-12,16H,3-10H2,1-2H3,(H,14,17). The lowest BCUT2D eigenvalue weighted by atomic mass is 9.92. The number of aliphatic hydroxyl groups is 1. The summed E-state index contributed by atoms with van der Waals surface area (Å²) in [6, 6.07) is 0.499. The molecule has 0 saturated carbocycles. The molecular weight excluding hydrogens is 216 g/mol. The van der Waals surface area contributed by atoms with Gasteiger partial charge in [0.2, 0.25) is 5.91 Å². The third kappa shape index (κ3) is 4.64. The molecule has 2 N–H and O–H groups in total. The SMILES string of the molecule is CNC(=O)CCCN1CCCCC1C(C)CO. The van der Waals surface area contributed by atoms with Gasteiger partial charge in [-0.15, -0.1) is 0 Å². The molecule has 0 aromatic rings. The largest absolute Gasteiger partial charge is 0.396 e. The molecule has 0 radical (unpaired) electrons. The molecule has 1 heterocycles. The fraction of sp³-hybridized carbons (Fsp3) is 0.923. The molecule has 4 nitrogen and oxygen atoms in total. The van der Waals surface area contributed by atoms with Crippen molar-refractivity contribution in [2.75, 3.05) is 26.7 Å². The third-order valence-corrected chi connectivity index (χ3v) is 3.74. The predicted octanol–water partition coefficient (Wildman–Crippen LogP) is 0.995. The quantitative estimate of drug-likeness (QED) is 0.730. The lowest BCUT2D eigenvalue weighted by Crippen LogP contribution is -2.45. The molecule has 0 aromatic heterocycles. The van der Waals surface area contributed by atoms with Crippen molar-refractivity contribution in [1.82, 2.24) is 10.2 Å². The van der Waals surface area contributed by atoms with E-state index >= 15 is 0 Å². The Hall–Kier alpha value is -0.610. The first kappa shape index (κ1) is 14.5. The van der Waals surface area contributed by atoms with Gasteiger partial charge in [0.25, 0.3) is 0 Å². The second-order valence-corrected chi connectivity index (χ2v) is 5.04. The van der Waals surface area contributed by atoms with E-state index in [1.807, 2.05) is 0 Å². The molecule has 1 rings (SSSR count). The van der Waals surface area contributed by atoms with E-state index < -0.39 is 0 Å². The van der Waals surface area contributed by atoms with Crippen molar-refractivity contribution < 1.29 is 9.90 Å². The van der Waals surface area contributed by atoms with E-state index in [1.54, 1.807) is 7.05 Å². The van der Waals surface area contributed by atoms with Gasteiger partial charge in [0.05, 0.1) is 0 Å². The molecule has 1 aliphatic heterocycles. The Labute approximate surface area is 104 Å². The molecular formula is C13H26N2O2. The van der Waals surface area contributed by atoms with Crippen molar-refractivity contribution >= 4 is 5.91 Å². The summed E-state index contributed by atoms with van der Waals surface area (Å²) in [6.07, 6.45) is 5.21. The Balaban J connectivity index is 2.35. The van der Waals surface area contributed by atoms with Crippen molar-refractivity contribution in [3.05, 3.63) is 0 Å². The number of likely N-dealkylation sites (tertiary alicyclic amines) is 1. The van der Waals surface area contributed by atoms with Gasteiger partial charge in [0.1, 0.15) is 0 Å². The zero-order chi connectivity index (χ0) is 12.7. The maximum absolute atomic E-state index is 11.2. The number of carbonyl (C=O) groups is 1. The summed E-state index contributed by atoms with van der Waals surface area (Å²) in [6.45, 7) is 4.46. The van der Waals surface area contributed by atoms with Crippen LogP contribution >= 0.6 is 0 Å². The highest BCUT2D eigenvalue weighted by molar-refractivity contribution is 5.75. The molecule has 17 heavy (non-hydrogen) atoms. The number of aliphatic hydroxyl groups excluding tert-OH is 1. The first-order valence-corrected chi connectivity index (χ1v) is 6.74. The number of nitrogens with zero attached hydrogens (tertiary/aromatic N) is 1. The van der Waals surface area contributed by atoms with Crippen molar-refractivity contribution in [3.8, 4) is 0 Å². The molecule has 0 aromatic carbocycles. The zero-order valence-corrected chi connectivity index (χ0v) is 11.1. The Bertz CT molecular complexity index is 233. The maximum Gasteiger partial charge on any atom is 0.219 e. The van der Waals surface area contributed by atoms with Gasteiger partial charge in [-0.2, -0.15) is 0 Å². The minimum absolute atomic E-state index is 0.119. The Morgan fingerprint density at radius 2 is 2.29 bits per heavy atom. The second kappa shape index (κ2) is 7.67. The van der Waals surface area contributed by atoms with Gasteiger partial charge in [-0.05, 0) is 38.3 Å².